The van der Waals surface area contributed by atoms with Gasteiger partial charge in [-0.15, -0.1) is 0 Å². The van der Waals surface area contributed by atoms with E-state index in [1.807, 2.05) is 60.7 Å². The molecule has 276 valence electrons. The van der Waals surface area contributed by atoms with Crippen molar-refractivity contribution in [2.24, 2.45) is 5.41 Å². The van der Waals surface area contributed by atoms with Crippen molar-refractivity contribution in [2.45, 2.75) is 59.3 Å². The van der Waals surface area contributed by atoms with Gasteiger partial charge in [-0.25, -0.2) is 9.59 Å². The van der Waals surface area contributed by atoms with Gasteiger partial charge >= 0.3 is 24.2 Å². The second-order valence-corrected chi connectivity index (χ2v) is 12.6. The number of carbonyl (C=O) groups excluding carboxylic acids is 4. The Kier molecular flexibility index (Phi) is 12.3. The summed E-state index contributed by atoms with van der Waals surface area (Å²) in [5, 5.41) is 6.22. The van der Waals surface area contributed by atoms with E-state index in [0.29, 0.717) is 31.3 Å². The second kappa shape index (κ2) is 17.0. The third kappa shape index (κ3) is 9.54. The Hall–Kier alpha value is -5.70. The number of aromatic nitrogens is 2. The fourth-order valence-corrected chi connectivity index (χ4v) is 5.54. The van der Waals surface area contributed by atoms with E-state index in [-0.39, 0.29) is 12.8 Å². The molecule has 0 unspecified atom stereocenters. The number of piperidine rings is 1. The number of ether oxygens (including phenoxy) is 7. The third-order valence-electron chi connectivity index (χ3n) is 8.23. The summed E-state index contributed by atoms with van der Waals surface area (Å²) in [6.45, 7) is 6.19. The highest BCUT2D eigenvalue weighted by Crippen LogP contribution is 2.36. The molecule has 1 aromatic heterocycles. The van der Waals surface area contributed by atoms with Crippen LogP contribution in [0.3, 0.4) is 0 Å². The fraction of sp³-hybridized carbons (Fsp3) is 0.405. The normalized spacial score (nSPS) is 14.1. The van der Waals surface area contributed by atoms with Crippen molar-refractivity contribution in [1.29, 1.82) is 0 Å². The van der Waals surface area contributed by atoms with E-state index in [2.05, 4.69) is 15.0 Å². The smallest absolute Gasteiger partial charge is 0.497 e. The molecule has 0 radical (unpaired) electrons. The van der Waals surface area contributed by atoms with Crippen molar-refractivity contribution in [3.05, 3.63) is 66.2 Å². The first-order valence-corrected chi connectivity index (χ1v) is 16.7. The quantitative estimate of drug-likeness (QED) is 0.0653. The largest absolute Gasteiger partial charge is 0.511 e. The highest BCUT2D eigenvalue weighted by atomic mass is 16.8. The monoisotopic (exact) mass is 719 g/mol. The van der Waals surface area contributed by atoms with Crippen molar-refractivity contribution in [2.75, 3.05) is 33.8 Å². The van der Waals surface area contributed by atoms with Crippen LogP contribution in [0.25, 0.3) is 33.6 Å². The number of carbonyl (C=O) groups is 4. The van der Waals surface area contributed by atoms with Crippen LogP contribution in [0, 0.1) is 5.41 Å². The van der Waals surface area contributed by atoms with Crippen LogP contribution in [0.15, 0.2) is 65.2 Å². The van der Waals surface area contributed by atoms with Crippen LogP contribution >= 0.6 is 0 Å². The Morgan fingerprint density at radius 1 is 0.750 bits per heavy atom. The molecule has 3 aromatic carbocycles. The summed E-state index contributed by atoms with van der Waals surface area (Å²) in [6.07, 6.45) is -2.86. The summed E-state index contributed by atoms with van der Waals surface area (Å²) in [7, 11) is 1.63. The number of benzene rings is 3. The van der Waals surface area contributed by atoms with Crippen molar-refractivity contribution < 1.29 is 56.9 Å². The Morgan fingerprint density at radius 2 is 1.31 bits per heavy atom. The summed E-state index contributed by atoms with van der Waals surface area (Å²) in [5.74, 6) is -0.256. The zero-order chi connectivity index (χ0) is 37.3. The molecule has 15 heteroatoms. The van der Waals surface area contributed by atoms with Crippen LogP contribution in [0.5, 0.6) is 5.75 Å². The molecule has 0 saturated carbocycles. The Morgan fingerprint density at radius 3 is 1.88 bits per heavy atom. The molecule has 4 aromatic rings. The van der Waals surface area contributed by atoms with Crippen molar-refractivity contribution in [1.82, 2.24) is 15.0 Å². The van der Waals surface area contributed by atoms with Gasteiger partial charge in [0.15, 0.2) is 5.41 Å². The van der Waals surface area contributed by atoms with Crippen LogP contribution in [0.1, 0.15) is 46.1 Å². The molecule has 2 heterocycles. The molecule has 1 saturated heterocycles. The zero-order valence-corrected chi connectivity index (χ0v) is 29.6. The zero-order valence-electron chi connectivity index (χ0n) is 29.6. The third-order valence-corrected chi connectivity index (χ3v) is 8.23. The predicted molar refractivity (Wildman–Crippen MR) is 183 cm³/mol. The maximum Gasteiger partial charge on any atom is 0.511 e. The van der Waals surface area contributed by atoms with E-state index in [1.165, 1.54) is 0 Å². The van der Waals surface area contributed by atoms with E-state index in [9.17, 15) is 19.2 Å². The number of esters is 2. The van der Waals surface area contributed by atoms with E-state index in [4.69, 9.17) is 37.7 Å². The molecule has 0 N–H and O–H groups in total. The van der Waals surface area contributed by atoms with Gasteiger partial charge in [-0.05, 0) is 81.1 Å². The number of nitrogens with zero attached hydrogens (tertiary/aromatic N) is 3. The first kappa shape index (κ1) is 37.6. The summed E-state index contributed by atoms with van der Waals surface area (Å²) < 4.78 is 40.6. The number of methoxy groups -OCH3 is 1. The molecule has 0 amide bonds. The molecule has 1 aliphatic heterocycles. The first-order chi connectivity index (χ1) is 24.9. The van der Waals surface area contributed by atoms with Crippen molar-refractivity contribution >= 4 is 35.0 Å². The van der Waals surface area contributed by atoms with Gasteiger partial charge in [0.1, 0.15) is 5.75 Å². The van der Waals surface area contributed by atoms with Crippen LogP contribution in [-0.4, -0.2) is 85.3 Å². The Balaban J connectivity index is 1.19. The van der Waals surface area contributed by atoms with E-state index in [0.717, 1.165) is 33.2 Å². The molecule has 5 rings (SSSR count). The number of rotatable bonds is 13. The standard InChI is InChI=1S/C37H41N3O12/c1-23(2)50-35(43)48-21-46-33(41)37(34(42)47-22-49-36(44)51-24(3)4)14-16-40(17-15-37)20-25-6-8-26(9-7-25)31-38-32(52-39-31)29-11-10-28-19-30(45-5)13-12-27(28)18-29/h6-13,18-19,23-24H,14-17,20-22H2,1-5H3. The number of fused-ring (bicyclic) bond motifs is 1. The lowest BCUT2D eigenvalue weighted by molar-refractivity contribution is -0.186. The van der Waals surface area contributed by atoms with Crippen LogP contribution in [0.4, 0.5) is 9.59 Å². The summed E-state index contributed by atoms with van der Waals surface area (Å²) in [6, 6.07) is 19.4. The summed E-state index contributed by atoms with van der Waals surface area (Å²) in [4.78, 5) is 56.7. The number of likely N-dealkylation sites (tertiary alicyclic amines) is 1. The molecule has 0 bridgehead atoms. The predicted octanol–water partition coefficient (Wildman–Crippen LogP) is 6.27. The van der Waals surface area contributed by atoms with Gasteiger partial charge in [0, 0.05) is 30.8 Å². The van der Waals surface area contributed by atoms with Gasteiger partial charge in [-0.2, -0.15) is 4.98 Å². The highest BCUT2D eigenvalue weighted by molar-refractivity contribution is 6.00. The SMILES string of the molecule is COc1ccc2cc(-c3nc(-c4ccc(CN5CCC(C(=O)OCOC(=O)OC(C)C)(C(=O)OCOC(=O)OC(C)C)CC5)cc4)no3)ccc2c1. The fourth-order valence-electron chi connectivity index (χ4n) is 5.54. The minimum Gasteiger partial charge on any atom is -0.497 e. The summed E-state index contributed by atoms with van der Waals surface area (Å²) in [5.41, 5.74) is 0.811. The van der Waals surface area contributed by atoms with Gasteiger partial charge < -0.3 is 37.7 Å². The lowest BCUT2D eigenvalue weighted by Crippen LogP contribution is -2.50. The molecule has 1 fully saturated rings. The Labute approximate surface area is 300 Å². The first-order valence-electron chi connectivity index (χ1n) is 16.7. The minimum absolute atomic E-state index is 0.0313. The maximum atomic E-state index is 13.3. The highest BCUT2D eigenvalue weighted by Gasteiger charge is 2.51. The molecular weight excluding hydrogens is 678 g/mol. The van der Waals surface area contributed by atoms with E-state index < -0.39 is 55.5 Å². The van der Waals surface area contributed by atoms with Crippen LogP contribution in [0.2, 0.25) is 0 Å². The van der Waals surface area contributed by atoms with Gasteiger partial charge in [0.25, 0.3) is 5.89 Å². The average Bonchev–Trinajstić information content (AvgIpc) is 3.61. The number of hydrogen-bond acceptors (Lipinski definition) is 15. The molecule has 52 heavy (non-hydrogen) atoms. The molecule has 0 atom stereocenters. The van der Waals surface area contributed by atoms with E-state index >= 15 is 0 Å². The average molecular weight is 720 g/mol. The molecule has 0 aliphatic carbocycles. The van der Waals surface area contributed by atoms with Crippen molar-refractivity contribution in [3.63, 3.8) is 0 Å². The Bertz CT molecular complexity index is 1820. The van der Waals surface area contributed by atoms with Crippen LogP contribution in [-0.2, 0) is 44.6 Å². The summed E-state index contributed by atoms with van der Waals surface area (Å²) >= 11 is 0. The topological polar surface area (TPSA) is 175 Å². The lowest BCUT2D eigenvalue weighted by atomic mass is 9.78. The molecular formula is C37H41N3O12. The second-order valence-electron chi connectivity index (χ2n) is 12.6. The van der Waals surface area contributed by atoms with Gasteiger partial charge in [-0.1, -0.05) is 41.6 Å². The molecule has 1 aliphatic rings. The van der Waals surface area contributed by atoms with E-state index in [1.54, 1.807) is 34.8 Å². The number of hydrogen-bond donors (Lipinski definition) is 0. The molecule has 15 nitrogen and oxygen atoms in total. The maximum absolute atomic E-state index is 13.3. The van der Waals surface area contributed by atoms with Gasteiger partial charge in [0.05, 0.1) is 19.3 Å². The van der Waals surface area contributed by atoms with Gasteiger partial charge in [0.2, 0.25) is 19.4 Å². The minimum atomic E-state index is -1.73. The van der Waals surface area contributed by atoms with Crippen LogP contribution < -0.4 is 4.74 Å². The van der Waals surface area contributed by atoms with Crippen molar-refractivity contribution in [3.8, 4) is 28.6 Å². The van der Waals surface area contributed by atoms with Gasteiger partial charge in [-0.3, -0.25) is 14.5 Å². The molecule has 0 spiro atoms. The lowest BCUT2D eigenvalue weighted by Gasteiger charge is -2.37.